The Morgan fingerprint density at radius 3 is 2.66 bits per heavy atom. The van der Waals surface area contributed by atoms with Crippen LogP contribution in [0.25, 0.3) is 0 Å². The van der Waals surface area contributed by atoms with Crippen molar-refractivity contribution < 1.29 is 23.7 Å². The van der Waals surface area contributed by atoms with Crippen molar-refractivity contribution in [3.05, 3.63) is 48.3 Å². The molecule has 236 valence electrons. The highest BCUT2D eigenvalue weighted by molar-refractivity contribution is 6.47. The lowest BCUT2D eigenvalue weighted by Crippen LogP contribution is -2.59. The molecule has 4 unspecified atom stereocenters. The number of benzene rings is 1. The van der Waals surface area contributed by atoms with Crippen LogP contribution in [-0.2, 0) is 36.7 Å². The predicted molar refractivity (Wildman–Crippen MR) is 166 cm³/mol. The molecule has 2 aromatic rings. The van der Waals surface area contributed by atoms with E-state index in [-0.39, 0.29) is 41.3 Å². The van der Waals surface area contributed by atoms with E-state index in [4.69, 9.17) is 15.0 Å². The summed E-state index contributed by atoms with van der Waals surface area (Å²) >= 11 is 0. The number of nitrogens with one attached hydrogen (secondary N) is 2. The molecule has 2 saturated heterocycles. The van der Waals surface area contributed by atoms with E-state index in [2.05, 4.69) is 29.5 Å². The van der Waals surface area contributed by atoms with Crippen LogP contribution in [0.3, 0.4) is 0 Å². The average molecular weight is 605 g/mol. The molecule has 2 bridgehead atoms. The summed E-state index contributed by atoms with van der Waals surface area (Å²) in [6.07, 6.45) is 8.72. The van der Waals surface area contributed by atoms with E-state index in [1.165, 1.54) is 13.3 Å². The second-order valence-corrected chi connectivity index (χ2v) is 13.6. The van der Waals surface area contributed by atoms with Gasteiger partial charge in [0.1, 0.15) is 12.1 Å². The molecule has 4 N–H and O–H groups in total. The van der Waals surface area contributed by atoms with Gasteiger partial charge in [-0.1, -0.05) is 44.2 Å². The minimum Gasteiger partial charge on any atom is -0.404 e. The highest BCUT2D eigenvalue weighted by Gasteiger charge is 2.62. The first-order chi connectivity index (χ1) is 21.1. The highest BCUT2D eigenvalue weighted by Crippen LogP contribution is 2.61. The SMILES string of the molecule is CC(=O)N[C@H](Cc1ccccc1)C(=O)N1CCC[C@H]1C(=O)N[C@@H](CCCn1ccnc1N)B1OC2CC3CC(C2O1)C3(C)C. The van der Waals surface area contributed by atoms with Crippen LogP contribution in [0.15, 0.2) is 42.7 Å². The lowest BCUT2D eigenvalue weighted by atomic mass is 9.47. The molecule has 0 spiro atoms. The summed E-state index contributed by atoms with van der Waals surface area (Å²) in [5.74, 6) is 0.431. The Hall–Kier alpha value is -3.38. The third kappa shape index (κ3) is 6.11. The lowest BCUT2D eigenvalue weighted by Gasteiger charge is -2.60. The second-order valence-electron chi connectivity index (χ2n) is 13.6. The van der Waals surface area contributed by atoms with Gasteiger partial charge < -0.3 is 35.1 Å². The maximum atomic E-state index is 13.9. The van der Waals surface area contributed by atoms with Gasteiger partial charge >= 0.3 is 7.12 Å². The molecule has 3 heterocycles. The van der Waals surface area contributed by atoms with Crippen molar-refractivity contribution in [1.29, 1.82) is 0 Å². The summed E-state index contributed by atoms with van der Waals surface area (Å²) < 4.78 is 15.0. The van der Waals surface area contributed by atoms with E-state index in [0.29, 0.717) is 56.6 Å². The maximum absolute atomic E-state index is 13.9. The Bertz CT molecular complexity index is 1350. The first-order valence-corrected chi connectivity index (χ1v) is 16.1. The van der Waals surface area contributed by atoms with E-state index >= 15 is 0 Å². The number of hydrogen-bond donors (Lipinski definition) is 3. The number of aromatic nitrogens is 2. The number of nitrogens with zero attached hydrogens (tertiary/aromatic N) is 3. The van der Waals surface area contributed by atoms with Crippen molar-refractivity contribution in [2.75, 3.05) is 12.3 Å². The number of nitrogens with two attached hydrogens (primary N) is 1. The number of aryl methyl sites for hydroxylation is 1. The molecule has 2 aliphatic heterocycles. The molecule has 3 aliphatic carbocycles. The fourth-order valence-electron chi connectivity index (χ4n) is 7.92. The van der Waals surface area contributed by atoms with Crippen LogP contribution in [0.1, 0.15) is 64.9 Å². The molecular formula is C32H45BN6O5. The highest BCUT2D eigenvalue weighted by atomic mass is 16.7. The summed E-state index contributed by atoms with van der Waals surface area (Å²) in [7, 11) is -0.556. The number of carbonyl (C=O) groups excluding carboxylic acids is 3. The number of rotatable bonds is 11. The van der Waals surface area contributed by atoms with E-state index in [1.807, 2.05) is 41.1 Å². The minimum absolute atomic E-state index is 0.0321. The summed E-state index contributed by atoms with van der Waals surface area (Å²) in [5.41, 5.74) is 7.17. The number of carbonyl (C=O) groups is 3. The summed E-state index contributed by atoms with van der Waals surface area (Å²) in [5, 5.41) is 6.06. The van der Waals surface area contributed by atoms with E-state index in [0.717, 1.165) is 18.4 Å². The van der Waals surface area contributed by atoms with Crippen LogP contribution in [0.2, 0.25) is 0 Å². The fraction of sp³-hybridized carbons (Fsp3) is 0.625. The van der Waals surface area contributed by atoms with Crippen molar-refractivity contribution in [3.63, 3.8) is 0 Å². The van der Waals surface area contributed by atoms with Gasteiger partial charge in [0.25, 0.3) is 0 Å². The molecule has 3 saturated carbocycles. The van der Waals surface area contributed by atoms with Gasteiger partial charge in [0.05, 0.1) is 18.1 Å². The van der Waals surface area contributed by atoms with Crippen LogP contribution in [0.4, 0.5) is 5.95 Å². The summed E-state index contributed by atoms with van der Waals surface area (Å²) in [6, 6.07) is 8.22. The van der Waals surface area contributed by atoms with Crippen LogP contribution < -0.4 is 16.4 Å². The van der Waals surface area contributed by atoms with Crippen LogP contribution >= 0.6 is 0 Å². The molecule has 11 nitrogen and oxygen atoms in total. The zero-order valence-electron chi connectivity index (χ0n) is 26.0. The van der Waals surface area contributed by atoms with E-state index in [9.17, 15) is 14.4 Å². The standard InChI is InChI=1S/C32H45BN6O5/c1-20(40)36-24(17-21-9-5-4-6-10-21)30(42)39-15-7-11-25(39)29(41)37-27(12-8-14-38-16-13-35-31(38)34)33-43-26-19-22-18-23(28(26)44-33)32(22,2)3/h4-6,9-10,13,16,22-28H,7-8,11-12,14-15,17-19H2,1-3H3,(H2,34,35)(H,36,40)(H,37,41)/t22?,23?,24-,25+,26?,27+,28?/m1/s1. The van der Waals surface area contributed by atoms with Gasteiger partial charge in [-0.15, -0.1) is 0 Å². The number of hydrogen-bond acceptors (Lipinski definition) is 7. The molecule has 0 radical (unpaired) electrons. The Labute approximate surface area is 259 Å². The third-order valence-electron chi connectivity index (χ3n) is 10.5. The molecule has 7 rings (SSSR count). The monoisotopic (exact) mass is 604 g/mol. The second kappa shape index (κ2) is 12.6. The smallest absolute Gasteiger partial charge is 0.404 e. The van der Waals surface area contributed by atoms with Gasteiger partial charge in [-0.25, -0.2) is 4.98 Å². The van der Waals surface area contributed by atoms with Crippen molar-refractivity contribution in [3.8, 4) is 0 Å². The van der Waals surface area contributed by atoms with Gasteiger partial charge in [0, 0.05) is 38.8 Å². The molecule has 7 atom stereocenters. The maximum Gasteiger partial charge on any atom is 0.481 e. The number of imidazole rings is 1. The van der Waals surface area contributed by atoms with Crippen LogP contribution in [0.5, 0.6) is 0 Å². The normalized spacial score (nSPS) is 28.1. The molecule has 12 heteroatoms. The third-order valence-corrected chi connectivity index (χ3v) is 10.5. The van der Waals surface area contributed by atoms with Gasteiger partial charge in [-0.2, -0.15) is 0 Å². The summed E-state index contributed by atoms with van der Waals surface area (Å²) in [4.78, 5) is 45.5. The van der Waals surface area contributed by atoms with Gasteiger partial charge in [0.15, 0.2) is 5.95 Å². The molecule has 3 amide bonds. The van der Waals surface area contributed by atoms with Crippen LogP contribution in [-0.4, -0.2) is 76.1 Å². The first kappa shape index (κ1) is 30.6. The topological polar surface area (TPSA) is 141 Å². The lowest BCUT2D eigenvalue weighted by molar-refractivity contribution is -0.150. The number of nitrogen functional groups attached to an aromatic ring is 1. The Kier molecular flexibility index (Phi) is 8.74. The predicted octanol–water partition coefficient (Wildman–Crippen LogP) is 2.35. The zero-order valence-corrected chi connectivity index (χ0v) is 26.0. The van der Waals surface area contributed by atoms with E-state index in [1.54, 1.807) is 11.1 Å². The largest absolute Gasteiger partial charge is 0.481 e. The van der Waals surface area contributed by atoms with E-state index < -0.39 is 19.2 Å². The Morgan fingerprint density at radius 2 is 1.95 bits per heavy atom. The molecule has 1 aromatic heterocycles. The first-order valence-electron chi connectivity index (χ1n) is 16.1. The molecule has 5 aliphatic rings. The number of anilines is 1. The fourth-order valence-corrected chi connectivity index (χ4v) is 7.92. The zero-order chi connectivity index (χ0) is 31.0. The quantitative estimate of drug-likeness (QED) is 0.335. The number of likely N-dealkylation sites (tertiary alicyclic amines) is 1. The molecular weight excluding hydrogens is 559 g/mol. The van der Waals surface area contributed by atoms with Gasteiger partial charge in [-0.3, -0.25) is 14.4 Å². The minimum atomic E-state index is -0.751. The number of amides is 3. The van der Waals surface area contributed by atoms with Crippen molar-refractivity contribution in [2.45, 2.75) is 102 Å². The van der Waals surface area contributed by atoms with Crippen LogP contribution in [0, 0.1) is 17.3 Å². The Balaban J connectivity index is 1.15. The molecule has 5 fully saturated rings. The Morgan fingerprint density at radius 1 is 1.16 bits per heavy atom. The molecule has 44 heavy (non-hydrogen) atoms. The average Bonchev–Trinajstić information content (AvgIpc) is 3.76. The summed E-state index contributed by atoms with van der Waals surface area (Å²) in [6.45, 7) is 7.18. The van der Waals surface area contributed by atoms with Gasteiger partial charge in [0.2, 0.25) is 17.7 Å². The van der Waals surface area contributed by atoms with Crippen molar-refractivity contribution in [2.24, 2.45) is 17.3 Å². The van der Waals surface area contributed by atoms with Crippen molar-refractivity contribution in [1.82, 2.24) is 25.1 Å². The van der Waals surface area contributed by atoms with Crippen molar-refractivity contribution >= 4 is 30.8 Å². The molecule has 1 aromatic carbocycles. The van der Waals surface area contributed by atoms with Gasteiger partial charge in [-0.05, 0) is 61.3 Å².